The number of hydrogen-bond acceptors (Lipinski definition) is 4. The van der Waals surface area contributed by atoms with Crippen LogP contribution in [0.4, 0.5) is 8.78 Å². The maximum absolute atomic E-state index is 14.3. The molecule has 0 fully saturated rings. The molecule has 3 N–H and O–H groups in total. The first-order valence-electron chi connectivity index (χ1n) is 7.17. The SMILES string of the molecule is CCCc1[nH]nc2c1[C@H](c1cccc(F)c1F)C(C#N)=C(N)O2. The fourth-order valence-corrected chi connectivity index (χ4v) is 2.80. The molecule has 0 spiro atoms. The van der Waals surface area contributed by atoms with Crippen LogP contribution in [-0.2, 0) is 6.42 Å². The fraction of sp³-hybridized carbons (Fsp3) is 0.250. The third kappa shape index (κ3) is 2.32. The van der Waals surface area contributed by atoms with Crippen molar-refractivity contribution in [3.05, 3.63) is 58.1 Å². The zero-order chi connectivity index (χ0) is 16.6. The molecule has 1 aliphatic heterocycles. The molecular formula is C16H14F2N4O. The minimum absolute atomic E-state index is 0.0350. The summed E-state index contributed by atoms with van der Waals surface area (Å²) in [6.07, 6.45) is 1.45. The summed E-state index contributed by atoms with van der Waals surface area (Å²) in [5, 5.41) is 16.3. The van der Waals surface area contributed by atoms with Crippen LogP contribution >= 0.6 is 0 Å². The lowest BCUT2D eigenvalue weighted by molar-refractivity contribution is 0.377. The molecule has 2 aromatic rings. The first kappa shape index (κ1) is 15.0. The number of halogens is 2. The monoisotopic (exact) mass is 316 g/mol. The zero-order valence-corrected chi connectivity index (χ0v) is 12.4. The number of rotatable bonds is 3. The van der Waals surface area contributed by atoms with Gasteiger partial charge < -0.3 is 10.5 Å². The number of benzene rings is 1. The number of H-pyrrole nitrogens is 1. The number of nitrogens with two attached hydrogens (primary N) is 1. The first-order chi connectivity index (χ1) is 11.1. The number of nitrogens with one attached hydrogen (secondary N) is 1. The van der Waals surface area contributed by atoms with Gasteiger partial charge in [0, 0.05) is 11.3 Å². The van der Waals surface area contributed by atoms with Crippen molar-refractivity contribution >= 4 is 0 Å². The molecule has 1 aromatic carbocycles. The highest BCUT2D eigenvalue weighted by molar-refractivity contribution is 5.55. The van der Waals surface area contributed by atoms with E-state index in [1.54, 1.807) is 0 Å². The van der Waals surface area contributed by atoms with Crippen molar-refractivity contribution in [2.45, 2.75) is 25.7 Å². The Hall–Kier alpha value is -2.88. The number of nitrogens with zero attached hydrogens (tertiary/aromatic N) is 2. The standard InChI is InChI=1S/C16H14F2N4O/c1-2-4-11-13-12(8-5-3-6-10(17)14(8)18)9(7-19)15(20)23-16(13)22-21-11/h3,5-6,12H,2,4,20H2,1H3,(H,21,22)/t12-/m1/s1. The number of aromatic nitrogens is 2. The van der Waals surface area contributed by atoms with Gasteiger partial charge in [-0.2, -0.15) is 5.26 Å². The van der Waals surface area contributed by atoms with Gasteiger partial charge in [-0.05, 0) is 12.5 Å². The van der Waals surface area contributed by atoms with Gasteiger partial charge in [0.1, 0.15) is 11.6 Å². The molecule has 0 saturated heterocycles. The molecule has 0 saturated carbocycles. The minimum Gasteiger partial charge on any atom is -0.420 e. The van der Waals surface area contributed by atoms with E-state index >= 15 is 0 Å². The Morgan fingerprint density at radius 3 is 2.91 bits per heavy atom. The average molecular weight is 316 g/mol. The molecule has 7 heteroatoms. The maximum atomic E-state index is 14.3. The Balaban J connectivity index is 2.26. The number of hydrogen-bond donors (Lipinski definition) is 2. The molecule has 0 unspecified atom stereocenters. The van der Waals surface area contributed by atoms with Crippen LogP contribution in [-0.4, -0.2) is 10.2 Å². The average Bonchev–Trinajstić information content (AvgIpc) is 2.92. The smallest absolute Gasteiger partial charge is 0.244 e. The molecule has 0 amide bonds. The summed E-state index contributed by atoms with van der Waals surface area (Å²) >= 11 is 0. The van der Waals surface area contributed by atoms with E-state index in [0.717, 1.165) is 18.2 Å². The molecule has 5 nitrogen and oxygen atoms in total. The first-order valence-corrected chi connectivity index (χ1v) is 7.17. The lowest BCUT2D eigenvalue weighted by Crippen LogP contribution is -2.22. The van der Waals surface area contributed by atoms with Gasteiger partial charge >= 0.3 is 0 Å². The summed E-state index contributed by atoms with van der Waals surface area (Å²) in [6.45, 7) is 1.98. The Morgan fingerprint density at radius 1 is 1.43 bits per heavy atom. The molecule has 23 heavy (non-hydrogen) atoms. The van der Waals surface area contributed by atoms with E-state index in [2.05, 4.69) is 10.2 Å². The largest absolute Gasteiger partial charge is 0.420 e. The lowest BCUT2D eigenvalue weighted by Gasteiger charge is -2.24. The summed E-state index contributed by atoms with van der Waals surface area (Å²) in [5.74, 6) is -2.79. The van der Waals surface area contributed by atoms with E-state index in [1.807, 2.05) is 13.0 Å². The number of aromatic amines is 1. The number of ether oxygens (including phenoxy) is 1. The number of nitriles is 1. The van der Waals surface area contributed by atoms with Crippen molar-refractivity contribution in [1.29, 1.82) is 5.26 Å². The van der Waals surface area contributed by atoms with Gasteiger partial charge in [-0.1, -0.05) is 25.5 Å². The summed E-state index contributed by atoms with van der Waals surface area (Å²) in [7, 11) is 0. The summed E-state index contributed by atoms with van der Waals surface area (Å²) in [4.78, 5) is 0. The predicted molar refractivity (Wildman–Crippen MR) is 78.2 cm³/mol. The van der Waals surface area contributed by atoms with Crippen molar-refractivity contribution in [2.75, 3.05) is 0 Å². The molecule has 3 rings (SSSR count). The highest BCUT2D eigenvalue weighted by Gasteiger charge is 2.36. The quantitative estimate of drug-likeness (QED) is 0.911. The van der Waals surface area contributed by atoms with E-state index in [-0.39, 0.29) is 22.9 Å². The number of fused-ring (bicyclic) bond motifs is 1. The van der Waals surface area contributed by atoms with Gasteiger partial charge in [-0.15, -0.1) is 5.10 Å². The zero-order valence-electron chi connectivity index (χ0n) is 12.4. The van der Waals surface area contributed by atoms with Crippen LogP contribution in [0.2, 0.25) is 0 Å². The highest BCUT2D eigenvalue weighted by Crippen LogP contribution is 2.43. The second-order valence-corrected chi connectivity index (χ2v) is 5.24. The van der Waals surface area contributed by atoms with E-state index in [9.17, 15) is 14.0 Å². The third-order valence-electron chi connectivity index (χ3n) is 3.81. The van der Waals surface area contributed by atoms with Gasteiger partial charge in [-0.3, -0.25) is 5.10 Å². The van der Waals surface area contributed by atoms with Crippen molar-refractivity contribution in [2.24, 2.45) is 5.73 Å². The van der Waals surface area contributed by atoms with Gasteiger partial charge in [0.25, 0.3) is 0 Å². The maximum Gasteiger partial charge on any atom is 0.244 e. The summed E-state index contributed by atoms with van der Waals surface area (Å²) < 4.78 is 33.3. The molecule has 118 valence electrons. The second kappa shape index (κ2) is 5.72. The number of aryl methyl sites for hydroxylation is 1. The van der Waals surface area contributed by atoms with Gasteiger partial charge in [0.15, 0.2) is 11.6 Å². The van der Waals surface area contributed by atoms with Gasteiger partial charge in [-0.25, -0.2) is 8.78 Å². The Labute approximate surface area is 131 Å². The van der Waals surface area contributed by atoms with Crippen molar-refractivity contribution in [3.63, 3.8) is 0 Å². The lowest BCUT2D eigenvalue weighted by atomic mass is 9.83. The Morgan fingerprint density at radius 2 is 2.22 bits per heavy atom. The number of allylic oxidation sites excluding steroid dienone is 1. The molecule has 0 radical (unpaired) electrons. The van der Waals surface area contributed by atoms with Crippen LogP contribution < -0.4 is 10.5 Å². The van der Waals surface area contributed by atoms with Crippen LogP contribution in [0.25, 0.3) is 0 Å². The molecule has 2 heterocycles. The van der Waals surface area contributed by atoms with E-state index in [0.29, 0.717) is 12.0 Å². The predicted octanol–water partition coefficient (Wildman–Crippen LogP) is 2.86. The van der Waals surface area contributed by atoms with Gasteiger partial charge in [0.05, 0.1) is 11.5 Å². The van der Waals surface area contributed by atoms with Crippen LogP contribution in [0.1, 0.15) is 36.1 Å². The minimum atomic E-state index is -1.01. The van der Waals surface area contributed by atoms with Crippen LogP contribution in [0.5, 0.6) is 5.88 Å². The highest BCUT2D eigenvalue weighted by atomic mass is 19.2. The van der Waals surface area contributed by atoms with Crippen LogP contribution in [0, 0.1) is 23.0 Å². The van der Waals surface area contributed by atoms with E-state index < -0.39 is 17.6 Å². The summed E-state index contributed by atoms with van der Waals surface area (Å²) in [6, 6.07) is 5.81. The second-order valence-electron chi connectivity index (χ2n) is 5.24. The topological polar surface area (TPSA) is 87.7 Å². The Bertz CT molecular complexity index is 835. The molecule has 0 bridgehead atoms. The Kier molecular flexibility index (Phi) is 3.74. The van der Waals surface area contributed by atoms with Crippen molar-refractivity contribution in [3.8, 4) is 11.9 Å². The van der Waals surface area contributed by atoms with Crippen LogP contribution in [0.3, 0.4) is 0 Å². The normalized spacial score (nSPS) is 16.7. The molecule has 1 aliphatic rings. The van der Waals surface area contributed by atoms with Crippen LogP contribution in [0.15, 0.2) is 29.7 Å². The summed E-state index contributed by atoms with van der Waals surface area (Å²) in [5.41, 5.74) is 7.09. The van der Waals surface area contributed by atoms with Gasteiger partial charge in [0.2, 0.25) is 11.8 Å². The van der Waals surface area contributed by atoms with E-state index in [1.165, 1.54) is 12.1 Å². The van der Waals surface area contributed by atoms with Crippen molar-refractivity contribution in [1.82, 2.24) is 10.2 Å². The molecule has 0 aliphatic carbocycles. The molecule has 1 atom stereocenters. The van der Waals surface area contributed by atoms with Crippen molar-refractivity contribution < 1.29 is 13.5 Å². The molecule has 1 aromatic heterocycles. The third-order valence-corrected chi connectivity index (χ3v) is 3.81. The fourth-order valence-electron chi connectivity index (χ4n) is 2.80. The molecular weight excluding hydrogens is 302 g/mol. The van der Waals surface area contributed by atoms with E-state index in [4.69, 9.17) is 10.5 Å².